The van der Waals surface area contributed by atoms with Crippen molar-refractivity contribution in [2.75, 3.05) is 10.7 Å². The van der Waals surface area contributed by atoms with Crippen LogP contribution >= 0.6 is 0 Å². The van der Waals surface area contributed by atoms with Gasteiger partial charge in [0.05, 0.1) is 22.6 Å². The Morgan fingerprint density at radius 3 is 2.40 bits per heavy atom. The minimum Gasteiger partial charge on any atom is -0.323 e. The van der Waals surface area contributed by atoms with Crippen LogP contribution in [0.5, 0.6) is 0 Å². The number of anilines is 2. The lowest BCUT2D eigenvalue weighted by Gasteiger charge is -2.23. The van der Waals surface area contributed by atoms with Gasteiger partial charge in [-0.3, -0.25) is 15.8 Å². The second kappa shape index (κ2) is 7.19. The van der Waals surface area contributed by atoms with Crippen molar-refractivity contribution >= 4 is 33.9 Å². The molecule has 4 aromatic rings. The maximum absolute atomic E-state index is 4.83. The van der Waals surface area contributed by atoms with Crippen molar-refractivity contribution in [3.63, 3.8) is 0 Å². The zero-order valence-electron chi connectivity index (χ0n) is 17.2. The van der Waals surface area contributed by atoms with E-state index in [0.717, 1.165) is 33.5 Å². The number of hydrogen-bond acceptors (Lipinski definition) is 5. The summed E-state index contributed by atoms with van der Waals surface area (Å²) in [5.41, 5.74) is 16.3. The van der Waals surface area contributed by atoms with Gasteiger partial charge >= 0.3 is 0 Å². The highest BCUT2D eigenvalue weighted by molar-refractivity contribution is 6.05. The molecule has 148 valence electrons. The number of hydrogen-bond donors (Lipinski definition) is 3. The highest BCUT2D eigenvalue weighted by Crippen LogP contribution is 2.38. The minimum atomic E-state index is 0.642. The van der Waals surface area contributed by atoms with Gasteiger partial charge in [-0.2, -0.15) is 0 Å². The quantitative estimate of drug-likeness (QED) is 0.399. The molecule has 2 heterocycles. The van der Waals surface area contributed by atoms with Crippen LogP contribution in [-0.2, 0) is 0 Å². The Balaban J connectivity index is 1.52. The second-order valence-electron chi connectivity index (χ2n) is 7.67. The number of hydrazine groups is 1. The molecule has 5 nitrogen and oxygen atoms in total. The van der Waals surface area contributed by atoms with Crippen molar-refractivity contribution in [2.24, 2.45) is 4.99 Å². The van der Waals surface area contributed by atoms with E-state index in [1.807, 2.05) is 18.2 Å². The minimum absolute atomic E-state index is 0.642. The molecule has 3 aromatic carbocycles. The van der Waals surface area contributed by atoms with Crippen molar-refractivity contribution in [3.05, 3.63) is 83.6 Å². The van der Waals surface area contributed by atoms with Crippen LogP contribution in [0, 0.1) is 20.8 Å². The molecule has 0 unspecified atom stereocenters. The fourth-order valence-electron chi connectivity index (χ4n) is 4.10. The van der Waals surface area contributed by atoms with Gasteiger partial charge in [0.25, 0.3) is 0 Å². The summed E-state index contributed by atoms with van der Waals surface area (Å²) in [5.74, 6) is 0.642. The molecule has 0 spiro atoms. The first kappa shape index (κ1) is 18.2. The van der Waals surface area contributed by atoms with Crippen LogP contribution in [0.2, 0.25) is 0 Å². The fraction of sp³-hybridized carbons (Fsp3) is 0.120. The number of nitrogens with one attached hydrogen (secondary N) is 3. The summed E-state index contributed by atoms with van der Waals surface area (Å²) >= 11 is 0. The first-order valence-corrected chi connectivity index (χ1v) is 10.0. The number of fused-ring (bicyclic) bond motifs is 2. The van der Waals surface area contributed by atoms with Gasteiger partial charge in [0.1, 0.15) is 0 Å². The van der Waals surface area contributed by atoms with Crippen molar-refractivity contribution in [3.8, 4) is 11.1 Å². The number of benzene rings is 3. The Morgan fingerprint density at radius 2 is 1.57 bits per heavy atom. The molecule has 5 rings (SSSR count). The fourth-order valence-corrected chi connectivity index (χ4v) is 4.10. The Labute approximate surface area is 175 Å². The molecule has 0 radical (unpaired) electrons. The predicted octanol–water partition coefficient (Wildman–Crippen LogP) is 5.86. The van der Waals surface area contributed by atoms with Crippen LogP contribution < -0.4 is 16.2 Å². The number of aromatic nitrogens is 1. The highest BCUT2D eigenvalue weighted by atomic mass is 15.5. The van der Waals surface area contributed by atoms with Crippen LogP contribution in [0.1, 0.15) is 16.7 Å². The number of aliphatic imine (C=N–C) groups is 1. The van der Waals surface area contributed by atoms with Crippen molar-refractivity contribution in [1.29, 1.82) is 0 Å². The SMILES string of the molecule is Cc1cc(-c2c(C)cccc2C)cc2c1N=C(Nc1cccc3cccnc13)NN2. The van der Waals surface area contributed by atoms with Crippen LogP contribution in [-0.4, -0.2) is 10.9 Å². The smallest absolute Gasteiger partial charge is 0.220 e. The Hall–Kier alpha value is -3.86. The highest BCUT2D eigenvalue weighted by Gasteiger charge is 2.17. The van der Waals surface area contributed by atoms with E-state index in [1.54, 1.807) is 6.20 Å². The molecule has 5 heteroatoms. The molecule has 0 atom stereocenters. The van der Waals surface area contributed by atoms with Gasteiger partial charge in [0, 0.05) is 11.6 Å². The van der Waals surface area contributed by atoms with Gasteiger partial charge in [0.15, 0.2) is 0 Å². The topological polar surface area (TPSA) is 61.3 Å². The van der Waals surface area contributed by atoms with E-state index < -0.39 is 0 Å². The Morgan fingerprint density at radius 1 is 0.800 bits per heavy atom. The van der Waals surface area contributed by atoms with E-state index in [4.69, 9.17) is 4.99 Å². The number of rotatable bonds is 2. The summed E-state index contributed by atoms with van der Waals surface area (Å²) in [6.07, 6.45) is 1.80. The molecule has 0 fully saturated rings. The normalized spacial score (nSPS) is 12.6. The molecular weight excluding hydrogens is 370 g/mol. The number of pyridine rings is 1. The van der Waals surface area contributed by atoms with Gasteiger partial charge in [-0.15, -0.1) is 0 Å². The molecule has 1 aromatic heterocycles. The van der Waals surface area contributed by atoms with Gasteiger partial charge in [-0.05, 0) is 72.9 Å². The largest absolute Gasteiger partial charge is 0.323 e. The van der Waals surface area contributed by atoms with Crippen molar-refractivity contribution in [1.82, 2.24) is 10.4 Å². The summed E-state index contributed by atoms with van der Waals surface area (Å²) in [6, 6.07) is 20.8. The Bertz CT molecular complexity index is 1280. The number of guanidine groups is 1. The average molecular weight is 393 g/mol. The number of nitrogens with zero attached hydrogens (tertiary/aromatic N) is 2. The van der Waals surface area contributed by atoms with E-state index in [-0.39, 0.29) is 0 Å². The lowest BCUT2D eigenvalue weighted by Crippen LogP contribution is -2.37. The zero-order chi connectivity index (χ0) is 20.7. The maximum Gasteiger partial charge on any atom is 0.220 e. The van der Waals surface area contributed by atoms with E-state index in [9.17, 15) is 0 Å². The first-order chi connectivity index (χ1) is 14.6. The third-order valence-corrected chi connectivity index (χ3v) is 5.50. The summed E-state index contributed by atoms with van der Waals surface area (Å²) in [6.45, 7) is 6.41. The maximum atomic E-state index is 4.83. The summed E-state index contributed by atoms with van der Waals surface area (Å²) < 4.78 is 0. The summed E-state index contributed by atoms with van der Waals surface area (Å²) in [4.78, 5) is 9.34. The lowest BCUT2D eigenvalue weighted by atomic mass is 9.93. The van der Waals surface area contributed by atoms with Crippen molar-refractivity contribution < 1.29 is 0 Å². The standard InChI is InChI=1S/C25H23N5/c1-15-7-4-8-16(2)22(15)19-13-17(3)23-21(14-19)29-30-25(28-23)27-20-11-5-9-18-10-6-12-26-24(18)20/h4-14,29H,1-3H3,(H2,27,28,30). The molecule has 0 bridgehead atoms. The molecule has 0 amide bonds. The molecular formula is C25H23N5. The van der Waals surface area contributed by atoms with Crippen LogP contribution in [0.3, 0.4) is 0 Å². The molecule has 1 aliphatic heterocycles. The third kappa shape index (κ3) is 3.14. The Kier molecular flexibility index (Phi) is 4.36. The number of aryl methyl sites for hydroxylation is 3. The van der Waals surface area contributed by atoms with Gasteiger partial charge in [-0.1, -0.05) is 36.4 Å². The number of para-hydroxylation sites is 1. The van der Waals surface area contributed by atoms with Gasteiger partial charge in [0.2, 0.25) is 5.96 Å². The molecule has 3 N–H and O–H groups in total. The van der Waals surface area contributed by atoms with Crippen LogP contribution in [0.15, 0.2) is 71.9 Å². The first-order valence-electron chi connectivity index (χ1n) is 10.0. The van der Waals surface area contributed by atoms with E-state index in [1.165, 1.54) is 22.3 Å². The third-order valence-electron chi connectivity index (χ3n) is 5.50. The molecule has 0 saturated heterocycles. The van der Waals surface area contributed by atoms with Gasteiger partial charge < -0.3 is 5.32 Å². The van der Waals surface area contributed by atoms with E-state index >= 15 is 0 Å². The van der Waals surface area contributed by atoms with Crippen LogP contribution in [0.25, 0.3) is 22.0 Å². The molecule has 0 aliphatic carbocycles. The molecule has 0 saturated carbocycles. The second-order valence-corrected chi connectivity index (χ2v) is 7.67. The van der Waals surface area contributed by atoms with E-state index in [2.05, 4.69) is 84.4 Å². The molecule has 30 heavy (non-hydrogen) atoms. The predicted molar refractivity (Wildman–Crippen MR) is 125 cm³/mol. The summed E-state index contributed by atoms with van der Waals surface area (Å²) in [7, 11) is 0. The van der Waals surface area contributed by atoms with E-state index in [0.29, 0.717) is 5.96 Å². The van der Waals surface area contributed by atoms with Crippen molar-refractivity contribution in [2.45, 2.75) is 20.8 Å². The van der Waals surface area contributed by atoms with Gasteiger partial charge in [-0.25, -0.2) is 4.99 Å². The van der Waals surface area contributed by atoms with Crippen LogP contribution in [0.4, 0.5) is 17.1 Å². The average Bonchev–Trinajstić information content (AvgIpc) is 2.74. The monoisotopic (exact) mass is 393 g/mol. The zero-order valence-corrected chi connectivity index (χ0v) is 17.2. The lowest BCUT2D eigenvalue weighted by molar-refractivity contribution is 1.07. The molecule has 1 aliphatic rings. The summed E-state index contributed by atoms with van der Waals surface area (Å²) in [5, 5.41) is 4.46.